The number of hydrogen-bond donors (Lipinski definition) is 4. The molecule has 2 aliphatic heterocycles. The standard InChI is InChI=1S/C30H27N5O4/c1-19-10-13-24(39-28-15-14-27-32-26(18-35(27)34-28)33-29(36)20-11-12-20)17-25(19)31-30(37)21-6-5-9-23(16-21)38-22-7-3-2-4-8-22/h2-10,13-18,20,32,34H,11-12H2,1H3,(H,31,37)(H,33,36). The molecule has 3 aromatic rings. The van der Waals surface area contributed by atoms with Gasteiger partial charge in [-0.05, 0) is 67.8 Å². The monoisotopic (exact) mass is 521 g/mol. The third-order valence-corrected chi connectivity index (χ3v) is 6.37. The lowest BCUT2D eigenvalue weighted by Gasteiger charge is -2.24. The number of allylic oxidation sites excluding steroid dienone is 2. The van der Waals surface area contributed by atoms with E-state index in [1.807, 2.05) is 61.5 Å². The second kappa shape index (κ2) is 10.3. The molecule has 1 aliphatic carbocycles. The number of para-hydroxylation sites is 1. The molecule has 0 unspecified atom stereocenters. The summed E-state index contributed by atoms with van der Waals surface area (Å²) in [5, 5.41) is 10.8. The summed E-state index contributed by atoms with van der Waals surface area (Å²) in [6.07, 6.45) is 7.28. The Labute approximate surface area is 225 Å². The molecule has 3 aliphatic rings. The van der Waals surface area contributed by atoms with Gasteiger partial charge in [0.05, 0.1) is 6.20 Å². The molecular formula is C30H27N5O4. The molecule has 1 fully saturated rings. The molecule has 9 heteroatoms. The average Bonchev–Trinajstić information content (AvgIpc) is 3.72. The maximum absolute atomic E-state index is 13.1. The van der Waals surface area contributed by atoms with Crippen molar-refractivity contribution in [3.8, 4) is 17.2 Å². The maximum atomic E-state index is 13.1. The molecule has 2 amide bonds. The van der Waals surface area contributed by atoms with E-state index in [0.717, 1.165) is 24.2 Å². The number of amides is 2. The van der Waals surface area contributed by atoms with Gasteiger partial charge in [0, 0.05) is 29.3 Å². The van der Waals surface area contributed by atoms with Gasteiger partial charge in [-0.2, -0.15) is 0 Å². The van der Waals surface area contributed by atoms with Crippen molar-refractivity contribution >= 4 is 17.5 Å². The Morgan fingerprint density at radius 2 is 1.67 bits per heavy atom. The van der Waals surface area contributed by atoms with Gasteiger partial charge in [-0.1, -0.05) is 30.3 Å². The van der Waals surface area contributed by atoms with E-state index in [-0.39, 0.29) is 17.7 Å². The van der Waals surface area contributed by atoms with Crippen molar-refractivity contribution in [1.82, 2.24) is 21.1 Å². The van der Waals surface area contributed by atoms with E-state index in [0.29, 0.717) is 40.2 Å². The highest BCUT2D eigenvalue weighted by Crippen LogP contribution is 2.30. The lowest BCUT2D eigenvalue weighted by molar-refractivity contribution is -0.121. The van der Waals surface area contributed by atoms with E-state index in [4.69, 9.17) is 9.47 Å². The van der Waals surface area contributed by atoms with Crippen molar-refractivity contribution in [2.75, 3.05) is 5.32 Å². The molecule has 4 N–H and O–H groups in total. The minimum absolute atomic E-state index is 0.0308. The van der Waals surface area contributed by atoms with Gasteiger partial charge in [0.15, 0.2) is 0 Å². The molecule has 0 spiro atoms. The number of aryl methyl sites for hydroxylation is 1. The van der Waals surface area contributed by atoms with Crippen LogP contribution < -0.4 is 30.8 Å². The van der Waals surface area contributed by atoms with E-state index in [1.54, 1.807) is 41.6 Å². The van der Waals surface area contributed by atoms with Crippen LogP contribution in [0.4, 0.5) is 5.69 Å². The number of hydrogen-bond acceptors (Lipinski definition) is 7. The predicted molar refractivity (Wildman–Crippen MR) is 146 cm³/mol. The van der Waals surface area contributed by atoms with Crippen molar-refractivity contribution in [3.63, 3.8) is 0 Å². The van der Waals surface area contributed by atoms with Crippen LogP contribution in [-0.2, 0) is 4.79 Å². The molecule has 1 saturated carbocycles. The molecular weight excluding hydrogens is 494 g/mol. The molecule has 6 rings (SSSR count). The summed E-state index contributed by atoms with van der Waals surface area (Å²) in [5.41, 5.74) is 5.15. The topological polar surface area (TPSA) is 104 Å². The first-order valence-electron chi connectivity index (χ1n) is 12.7. The Kier molecular flexibility index (Phi) is 6.38. The van der Waals surface area contributed by atoms with Gasteiger partial charge in [-0.15, -0.1) is 0 Å². The zero-order valence-corrected chi connectivity index (χ0v) is 21.2. The molecule has 0 atom stereocenters. The largest absolute Gasteiger partial charge is 0.457 e. The summed E-state index contributed by atoms with van der Waals surface area (Å²) < 4.78 is 11.9. The quantitative estimate of drug-likeness (QED) is 0.336. The van der Waals surface area contributed by atoms with E-state index < -0.39 is 0 Å². The van der Waals surface area contributed by atoms with E-state index in [9.17, 15) is 9.59 Å². The number of nitrogens with zero attached hydrogens (tertiary/aromatic N) is 1. The Morgan fingerprint density at radius 3 is 2.49 bits per heavy atom. The average molecular weight is 522 g/mol. The summed E-state index contributed by atoms with van der Waals surface area (Å²) in [6, 6.07) is 21.9. The molecule has 0 aromatic heterocycles. The second-order valence-corrected chi connectivity index (χ2v) is 9.47. The van der Waals surface area contributed by atoms with Gasteiger partial charge in [-0.3, -0.25) is 15.0 Å². The second-order valence-electron chi connectivity index (χ2n) is 9.47. The fourth-order valence-electron chi connectivity index (χ4n) is 4.10. The number of benzene rings is 3. The van der Waals surface area contributed by atoms with Gasteiger partial charge in [0.2, 0.25) is 11.8 Å². The van der Waals surface area contributed by atoms with E-state index in [1.165, 1.54) is 0 Å². The normalized spacial score (nSPS) is 15.5. The summed E-state index contributed by atoms with van der Waals surface area (Å²) in [4.78, 5) is 25.1. The third-order valence-electron chi connectivity index (χ3n) is 6.37. The first kappa shape index (κ1) is 24.2. The molecule has 2 heterocycles. The van der Waals surface area contributed by atoms with Gasteiger partial charge < -0.3 is 25.4 Å². The summed E-state index contributed by atoms with van der Waals surface area (Å²) >= 11 is 0. The molecule has 0 radical (unpaired) electrons. The lowest BCUT2D eigenvalue weighted by atomic mass is 10.1. The Balaban J connectivity index is 1.10. The lowest BCUT2D eigenvalue weighted by Crippen LogP contribution is -2.37. The SMILES string of the molecule is Cc1ccc(OC2=CC=C3NC(NC(=O)C4CC4)=CN3N2)cc1NC(=O)c1cccc(Oc2ccccc2)c1. The summed E-state index contributed by atoms with van der Waals surface area (Å²) in [6.45, 7) is 1.92. The minimum atomic E-state index is -0.259. The van der Waals surface area contributed by atoms with Crippen molar-refractivity contribution in [1.29, 1.82) is 0 Å². The van der Waals surface area contributed by atoms with Crippen molar-refractivity contribution in [2.45, 2.75) is 19.8 Å². The first-order valence-corrected chi connectivity index (χ1v) is 12.7. The van der Waals surface area contributed by atoms with E-state index in [2.05, 4.69) is 21.4 Å². The van der Waals surface area contributed by atoms with Crippen LogP contribution in [0.5, 0.6) is 17.2 Å². The molecule has 39 heavy (non-hydrogen) atoms. The first-order chi connectivity index (χ1) is 19.0. The van der Waals surface area contributed by atoms with E-state index >= 15 is 0 Å². The van der Waals surface area contributed by atoms with Crippen LogP contribution in [0, 0.1) is 12.8 Å². The number of nitrogens with one attached hydrogen (secondary N) is 4. The van der Waals surface area contributed by atoms with Gasteiger partial charge in [0.1, 0.15) is 28.9 Å². The number of ether oxygens (including phenoxy) is 2. The van der Waals surface area contributed by atoms with Crippen molar-refractivity contribution in [3.05, 3.63) is 120 Å². The van der Waals surface area contributed by atoms with Crippen LogP contribution in [0.1, 0.15) is 28.8 Å². The number of carbonyl (C=O) groups excluding carboxylic acids is 2. The molecule has 3 aromatic carbocycles. The molecule has 0 saturated heterocycles. The number of hydrazine groups is 1. The number of carbonyl (C=O) groups is 2. The fourth-order valence-corrected chi connectivity index (χ4v) is 4.10. The summed E-state index contributed by atoms with van der Waals surface area (Å²) in [7, 11) is 0. The van der Waals surface area contributed by atoms with Crippen LogP contribution >= 0.6 is 0 Å². The molecule has 0 bridgehead atoms. The minimum Gasteiger partial charge on any atom is -0.457 e. The molecule has 196 valence electrons. The van der Waals surface area contributed by atoms with Gasteiger partial charge in [-0.25, -0.2) is 5.01 Å². The maximum Gasteiger partial charge on any atom is 0.255 e. The van der Waals surface area contributed by atoms with Crippen LogP contribution in [0.2, 0.25) is 0 Å². The van der Waals surface area contributed by atoms with Crippen molar-refractivity contribution < 1.29 is 19.1 Å². The van der Waals surface area contributed by atoms with Crippen LogP contribution in [0.3, 0.4) is 0 Å². The van der Waals surface area contributed by atoms with Gasteiger partial charge in [0.25, 0.3) is 5.91 Å². The zero-order valence-electron chi connectivity index (χ0n) is 21.2. The van der Waals surface area contributed by atoms with Crippen LogP contribution in [-0.4, -0.2) is 16.8 Å². The van der Waals surface area contributed by atoms with Crippen LogP contribution in [0.25, 0.3) is 0 Å². The Hall–Kier alpha value is -5.18. The van der Waals surface area contributed by atoms with Crippen LogP contribution in [0.15, 0.2) is 109 Å². The highest BCUT2D eigenvalue weighted by Gasteiger charge is 2.31. The van der Waals surface area contributed by atoms with Gasteiger partial charge >= 0.3 is 0 Å². The number of rotatable bonds is 8. The number of anilines is 1. The Bertz CT molecular complexity index is 1530. The zero-order chi connectivity index (χ0) is 26.8. The van der Waals surface area contributed by atoms with Crippen molar-refractivity contribution in [2.24, 2.45) is 5.92 Å². The highest BCUT2D eigenvalue weighted by atomic mass is 16.5. The number of fused-ring (bicyclic) bond motifs is 1. The highest BCUT2D eigenvalue weighted by molar-refractivity contribution is 6.05. The predicted octanol–water partition coefficient (Wildman–Crippen LogP) is 4.85. The Morgan fingerprint density at radius 1 is 0.872 bits per heavy atom. The summed E-state index contributed by atoms with van der Waals surface area (Å²) in [5.74, 6) is 3.57. The molecule has 9 nitrogen and oxygen atoms in total. The smallest absolute Gasteiger partial charge is 0.255 e. The third kappa shape index (κ3) is 5.72. The fraction of sp³-hybridized carbons (Fsp3) is 0.133.